The van der Waals surface area contributed by atoms with Gasteiger partial charge in [0.15, 0.2) is 5.79 Å². The highest BCUT2D eigenvalue weighted by atomic mass is 32.2. The second kappa shape index (κ2) is 5.48. The molecule has 0 bridgehead atoms. The summed E-state index contributed by atoms with van der Waals surface area (Å²) in [5, 5.41) is 13.4. The van der Waals surface area contributed by atoms with E-state index in [9.17, 15) is 9.90 Å². The van der Waals surface area contributed by atoms with Crippen LogP contribution < -0.4 is 5.32 Å². The van der Waals surface area contributed by atoms with Crippen LogP contribution in [0.1, 0.15) is 39.0 Å². The molecular formula is C14H23NO4S. The van der Waals surface area contributed by atoms with Crippen LogP contribution in [-0.2, 0) is 14.3 Å². The molecule has 6 heteroatoms. The molecule has 2 N–H and O–H groups in total. The van der Waals surface area contributed by atoms with Crippen molar-refractivity contribution in [2.24, 2.45) is 0 Å². The van der Waals surface area contributed by atoms with Gasteiger partial charge in [-0.2, -0.15) is 11.8 Å². The van der Waals surface area contributed by atoms with Crippen LogP contribution in [0, 0.1) is 0 Å². The fourth-order valence-electron chi connectivity index (χ4n) is 3.79. The Morgan fingerprint density at radius 3 is 2.50 bits per heavy atom. The van der Waals surface area contributed by atoms with Gasteiger partial charge in [-0.15, -0.1) is 0 Å². The summed E-state index contributed by atoms with van der Waals surface area (Å²) in [6.07, 6.45) is 6.15. The molecule has 0 aromatic heterocycles. The van der Waals surface area contributed by atoms with Crippen molar-refractivity contribution in [3.63, 3.8) is 0 Å². The summed E-state index contributed by atoms with van der Waals surface area (Å²) in [5.74, 6) is -0.607. The molecule has 5 nitrogen and oxygen atoms in total. The van der Waals surface area contributed by atoms with E-state index in [0.717, 1.165) is 25.7 Å². The zero-order chi connectivity index (χ0) is 14.3. The number of nitrogens with one attached hydrogen (secondary N) is 1. The predicted molar refractivity (Wildman–Crippen MR) is 76.5 cm³/mol. The molecule has 2 aliphatic carbocycles. The maximum atomic E-state index is 11.3. The number of carbonyl (C=O) groups excluding carboxylic acids is 1. The number of hydrogen-bond donors (Lipinski definition) is 2. The molecule has 1 spiro atoms. The van der Waals surface area contributed by atoms with Gasteiger partial charge in [-0.3, -0.25) is 4.79 Å². The lowest BCUT2D eigenvalue weighted by molar-refractivity contribution is -0.206. The van der Waals surface area contributed by atoms with E-state index in [1.165, 1.54) is 13.3 Å². The highest BCUT2D eigenvalue weighted by molar-refractivity contribution is 7.99. The van der Waals surface area contributed by atoms with Crippen LogP contribution in [0.4, 0.5) is 0 Å². The van der Waals surface area contributed by atoms with Crippen molar-refractivity contribution >= 4 is 17.7 Å². The minimum atomic E-state index is -0.692. The van der Waals surface area contributed by atoms with Gasteiger partial charge in [0, 0.05) is 19.8 Å². The quantitative estimate of drug-likeness (QED) is 0.798. The first kappa shape index (κ1) is 14.6. The Morgan fingerprint density at radius 2 is 1.90 bits per heavy atom. The molecule has 1 amide bonds. The molecule has 5 atom stereocenters. The predicted octanol–water partition coefficient (Wildman–Crippen LogP) is 1.04. The number of hydrogen-bond acceptors (Lipinski definition) is 5. The van der Waals surface area contributed by atoms with Gasteiger partial charge in [0.1, 0.15) is 18.3 Å². The summed E-state index contributed by atoms with van der Waals surface area (Å²) in [4.78, 5) is 11.3. The van der Waals surface area contributed by atoms with E-state index < -0.39 is 11.9 Å². The average molecular weight is 301 g/mol. The van der Waals surface area contributed by atoms with Gasteiger partial charge in [0.25, 0.3) is 0 Å². The summed E-state index contributed by atoms with van der Waals surface area (Å²) in [7, 11) is 0. The lowest BCUT2D eigenvalue weighted by Gasteiger charge is -2.35. The number of aliphatic hydroxyl groups is 1. The molecular weight excluding hydrogens is 278 g/mol. The zero-order valence-corrected chi connectivity index (χ0v) is 12.8. The summed E-state index contributed by atoms with van der Waals surface area (Å²) >= 11 is 1.63. The number of carbonyl (C=O) groups is 1. The van der Waals surface area contributed by atoms with Crippen molar-refractivity contribution in [3.05, 3.63) is 0 Å². The van der Waals surface area contributed by atoms with Crippen LogP contribution in [0.3, 0.4) is 0 Å². The fourth-order valence-corrected chi connectivity index (χ4v) is 4.79. The standard InChI is InChI=1S/C14H23NO4S/c1-8(16)15-9-10(17)11-12(13(9)20-2)19-14(18-11)6-4-3-5-7-14/h9-13,17H,3-7H2,1-2H3,(H,15,16)/t9-,10+,11+,12+,13+/m1/s1. The first-order valence-corrected chi connectivity index (χ1v) is 8.69. The van der Waals surface area contributed by atoms with Gasteiger partial charge < -0.3 is 19.9 Å². The lowest BCUT2D eigenvalue weighted by Crippen LogP contribution is -2.49. The van der Waals surface area contributed by atoms with Crippen LogP contribution in [0.2, 0.25) is 0 Å². The molecule has 1 aliphatic heterocycles. The number of fused-ring (bicyclic) bond motifs is 1. The van der Waals surface area contributed by atoms with Crippen LogP contribution in [-0.4, -0.2) is 52.7 Å². The van der Waals surface area contributed by atoms with Crippen molar-refractivity contribution in [2.75, 3.05) is 6.26 Å². The molecule has 114 valence electrons. The summed E-state index contributed by atoms with van der Waals surface area (Å²) in [6, 6.07) is -0.293. The third-order valence-electron chi connectivity index (χ3n) is 4.67. The van der Waals surface area contributed by atoms with Gasteiger partial charge >= 0.3 is 0 Å². The van der Waals surface area contributed by atoms with Crippen LogP contribution in [0.5, 0.6) is 0 Å². The molecule has 0 aromatic rings. The van der Waals surface area contributed by atoms with E-state index in [4.69, 9.17) is 9.47 Å². The Labute approximate surface area is 123 Å². The van der Waals surface area contributed by atoms with Crippen LogP contribution in [0.15, 0.2) is 0 Å². The van der Waals surface area contributed by atoms with E-state index in [1.807, 2.05) is 6.26 Å². The van der Waals surface area contributed by atoms with Crippen LogP contribution in [0.25, 0.3) is 0 Å². The van der Waals surface area contributed by atoms with Crippen molar-refractivity contribution in [2.45, 2.75) is 74.4 Å². The van der Waals surface area contributed by atoms with E-state index >= 15 is 0 Å². The van der Waals surface area contributed by atoms with Crippen molar-refractivity contribution in [3.8, 4) is 0 Å². The number of aliphatic hydroxyl groups excluding tert-OH is 1. The molecule has 3 aliphatic rings. The Balaban J connectivity index is 1.76. The highest BCUT2D eigenvalue weighted by Gasteiger charge is 2.60. The van der Waals surface area contributed by atoms with E-state index in [0.29, 0.717) is 0 Å². The third kappa shape index (κ3) is 2.36. The second-order valence-electron chi connectivity index (χ2n) is 6.05. The maximum Gasteiger partial charge on any atom is 0.217 e. The SMILES string of the molecule is CS[C@H]1[C@H](NC(C)=O)[C@H](O)[C@@H]2OC3(CCCCC3)O[C@@H]21. The number of rotatable bonds is 2. The Hall–Kier alpha value is -0.300. The first-order chi connectivity index (χ1) is 9.56. The number of ether oxygens (including phenoxy) is 2. The van der Waals surface area contributed by atoms with Gasteiger partial charge in [0.2, 0.25) is 5.91 Å². The first-order valence-electron chi connectivity index (χ1n) is 7.40. The minimum Gasteiger partial charge on any atom is -0.388 e. The molecule has 20 heavy (non-hydrogen) atoms. The normalized spacial score (nSPS) is 42.6. The van der Waals surface area contributed by atoms with Crippen LogP contribution >= 0.6 is 11.8 Å². The summed E-state index contributed by atoms with van der Waals surface area (Å²) < 4.78 is 12.4. The van der Waals surface area contributed by atoms with Gasteiger partial charge in [-0.1, -0.05) is 6.42 Å². The molecule has 0 radical (unpaired) electrons. The smallest absolute Gasteiger partial charge is 0.217 e. The fraction of sp³-hybridized carbons (Fsp3) is 0.929. The van der Waals surface area contributed by atoms with Gasteiger partial charge in [-0.25, -0.2) is 0 Å². The minimum absolute atomic E-state index is 0.0419. The summed E-state index contributed by atoms with van der Waals surface area (Å²) in [5.41, 5.74) is 0. The lowest BCUT2D eigenvalue weighted by atomic mass is 9.94. The topological polar surface area (TPSA) is 67.8 Å². The van der Waals surface area contributed by atoms with Crippen molar-refractivity contribution in [1.82, 2.24) is 5.32 Å². The average Bonchev–Trinajstić information content (AvgIpc) is 2.87. The Kier molecular flexibility index (Phi) is 4.01. The third-order valence-corrected chi connectivity index (χ3v) is 5.77. The molecule has 3 rings (SSSR count). The second-order valence-corrected chi connectivity index (χ2v) is 7.07. The summed E-state index contributed by atoms with van der Waals surface area (Å²) in [6.45, 7) is 1.47. The Bertz CT molecular complexity index is 385. The number of thioether (sulfide) groups is 1. The molecule has 3 fully saturated rings. The molecule has 1 heterocycles. The molecule has 0 unspecified atom stereocenters. The molecule has 1 saturated heterocycles. The highest BCUT2D eigenvalue weighted by Crippen LogP contribution is 2.48. The van der Waals surface area contributed by atoms with Gasteiger partial charge in [0.05, 0.1) is 11.3 Å². The molecule has 2 saturated carbocycles. The monoisotopic (exact) mass is 301 g/mol. The zero-order valence-electron chi connectivity index (χ0n) is 12.0. The van der Waals surface area contributed by atoms with Gasteiger partial charge in [-0.05, 0) is 19.1 Å². The maximum absolute atomic E-state index is 11.3. The number of amides is 1. The van der Waals surface area contributed by atoms with E-state index in [2.05, 4.69) is 5.32 Å². The van der Waals surface area contributed by atoms with Crippen molar-refractivity contribution < 1.29 is 19.4 Å². The van der Waals surface area contributed by atoms with E-state index in [-0.39, 0.29) is 29.4 Å². The van der Waals surface area contributed by atoms with E-state index in [1.54, 1.807) is 11.8 Å². The van der Waals surface area contributed by atoms with Crippen molar-refractivity contribution in [1.29, 1.82) is 0 Å². The molecule has 0 aromatic carbocycles. The largest absolute Gasteiger partial charge is 0.388 e. The Morgan fingerprint density at radius 1 is 1.25 bits per heavy atom.